The standard InChI is InChI=1S/C9H18N4/c1-4-7(3)11-9-8(10)6-13(5-2)12-9/h6-7H,4-5,10H2,1-3H3,(H,11,12)/t7-/m0/s1. The number of nitrogen functional groups attached to an aromatic ring is 1. The van der Waals surface area contributed by atoms with Crippen LogP contribution in [0.25, 0.3) is 0 Å². The van der Waals surface area contributed by atoms with Gasteiger partial charge >= 0.3 is 0 Å². The number of hydrogen-bond acceptors (Lipinski definition) is 3. The highest BCUT2D eigenvalue weighted by molar-refractivity contribution is 5.60. The number of nitrogens with one attached hydrogen (secondary N) is 1. The Morgan fingerprint density at radius 1 is 1.62 bits per heavy atom. The quantitative estimate of drug-likeness (QED) is 0.745. The molecule has 0 spiro atoms. The Morgan fingerprint density at radius 2 is 2.31 bits per heavy atom. The number of nitrogens with zero attached hydrogens (tertiary/aromatic N) is 2. The molecule has 3 N–H and O–H groups in total. The Bertz CT molecular complexity index is 267. The van der Waals surface area contributed by atoms with Crippen LogP contribution in [0.3, 0.4) is 0 Å². The lowest BCUT2D eigenvalue weighted by molar-refractivity contribution is 0.656. The molecule has 1 aromatic rings. The molecule has 1 heterocycles. The minimum absolute atomic E-state index is 0.419. The lowest BCUT2D eigenvalue weighted by Crippen LogP contribution is -2.14. The molecule has 1 rings (SSSR count). The van der Waals surface area contributed by atoms with Crippen molar-refractivity contribution in [3.8, 4) is 0 Å². The average molecular weight is 182 g/mol. The largest absolute Gasteiger partial charge is 0.394 e. The Kier molecular flexibility index (Phi) is 3.17. The molecule has 4 heteroatoms. The molecular formula is C9H18N4. The van der Waals surface area contributed by atoms with Crippen LogP contribution in [0.2, 0.25) is 0 Å². The number of aryl methyl sites for hydroxylation is 1. The van der Waals surface area contributed by atoms with Gasteiger partial charge in [-0.25, -0.2) is 0 Å². The highest BCUT2D eigenvalue weighted by atomic mass is 15.3. The highest BCUT2D eigenvalue weighted by Gasteiger charge is 2.06. The van der Waals surface area contributed by atoms with Crippen LogP contribution in [-0.2, 0) is 6.54 Å². The Morgan fingerprint density at radius 3 is 2.77 bits per heavy atom. The van der Waals surface area contributed by atoms with E-state index in [2.05, 4.69) is 24.3 Å². The first kappa shape index (κ1) is 9.89. The summed E-state index contributed by atoms with van der Waals surface area (Å²) >= 11 is 0. The van der Waals surface area contributed by atoms with Crippen LogP contribution in [0.4, 0.5) is 11.5 Å². The van der Waals surface area contributed by atoms with Crippen molar-refractivity contribution in [2.24, 2.45) is 0 Å². The third-order valence-electron chi connectivity index (χ3n) is 2.11. The molecule has 1 atom stereocenters. The fourth-order valence-electron chi connectivity index (χ4n) is 1.05. The van der Waals surface area contributed by atoms with E-state index in [-0.39, 0.29) is 0 Å². The highest BCUT2D eigenvalue weighted by Crippen LogP contribution is 2.16. The fourth-order valence-corrected chi connectivity index (χ4v) is 1.05. The second-order valence-corrected chi connectivity index (χ2v) is 3.24. The van der Waals surface area contributed by atoms with E-state index < -0.39 is 0 Å². The van der Waals surface area contributed by atoms with Crippen LogP contribution < -0.4 is 11.1 Å². The zero-order valence-electron chi connectivity index (χ0n) is 8.54. The molecule has 0 saturated heterocycles. The monoisotopic (exact) mass is 182 g/mol. The Labute approximate surface area is 79.1 Å². The van der Waals surface area contributed by atoms with E-state index in [0.717, 1.165) is 24.5 Å². The summed E-state index contributed by atoms with van der Waals surface area (Å²) in [6.07, 6.45) is 2.92. The summed E-state index contributed by atoms with van der Waals surface area (Å²) in [5.74, 6) is 0.802. The molecule has 0 fully saturated rings. The summed E-state index contributed by atoms with van der Waals surface area (Å²) in [6, 6.07) is 0.419. The molecule has 0 aliphatic carbocycles. The molecule has 0 radical (unpaired) electrons. The molecule has 0 bridgehead atoms. The summed E-state index contributed by atoms with van der Waals surface area (Å²) < 4.78 is 1.83. The molecule has 0 aliphatic heterocycles. The third-order valence-corrected chi connectivity index (χ3v) is 2.11. The van der Waals surface area contributed by atoms with E-state index >= 15 is 0 Å². The summed E-state index contributed by atoms with van der Waals surface area (Å²) in [5.41, 5.74) is 6.50. The van der Waals surface area contributed by atoms with E-state index in [0.29, 0.717) is 6.04 Å². The minimum atomic E-state index is 0.419. The van der Waals surface area contributed by atoms with Gasteiger partial charge in [0.05, 0.1) is 11.9 Å². The maximum Gasteiger partial charge on any atom is 0.171 e. The SMILES string of the molecule is CC[C@H](C)Nc1nn(CC)cc1N. The van der Waals surface area contributed by atoms with Crippen molar-refractivity contribution in [2.75, 3.05) is 11.1 Å². The van der Waals surface area contributed by atoms with Gasteiger partial charge in [-0.15, -0.1) is 0 Å². The molecule has 74 valence electrons. The lowest BCUT2D eigenvalue weighted by atomic mass is 10.2. The molecule has 0 aliphatic rings. The molecule has 1 aromatic heterocycles. The van der Waals surface area contributed by atoms with Crippen molar-refractivity contribution in [2.45, 2.75) is 39.8 Å². The summed E-state index contributed by atoms with van der Waals surface area (Å²) in [4.78, 5) is 0. The molecular weight excluding hydrogens is 164 g/mol. The Balaban J connectivity index is 2.70. The van der Waals surface area contributed by atoms with Crippen LogP contribution in [0, 0.1) is 0 Å². The van der Waals surface area contributed by atoms with Gasteiger partial charge < -0.3 is 11.1 Å². The van der Waals surface area contributed by atoms with Crippen LogP contribution in [0.15, 0.2) is 6.20 Å². The van der Waals surface area contributed by atoms with Crippen molar-refractivity contribution in [1.82, 2.24) is 9.78 Å². The first-order valence-corrected chi connectivity index (χ1v) is 4.76. The van der Waals surface area contributed by atoms with E-state index in [4.69, 9.17) is 5.73 Å². The van der Waals surface area contributed by atoms with Crippen molar-refractivity contribution in [3.05, 3.63) is 6.20 Å². The topological polar surface area (TPSA) is 55.9 Å². The minimum Gasteiger partial charge on any atom is -0.394 e. The summed E-state index contributed by atoms with van der Waals surface area (Å²) in [7, 11) is 0. The summed E-state index contributed by atoms with van der Waals surface area (Å²) in [6.45, 7) is 7.14. The normalized spacial score (nSPS) is 12.8. The number of anilines is 2. The van der Waals surface area contributed by atoms with Gasteiger partial charge in [-0.1, -0.05) is 6.92 Å². The van der Waals surface area contributed by atoms with Gasteiger partial charge in [0.1, 0.15) is 0 Å². The van der Waals surface area contributed by atoms with Gasteiger partial charge in [0.25, 0.3) is 0 Å². The van der Waals surface area contributed by atoms with Crippen LogP contribution in [0.5, 0.6) is 0 Å². The van der Waals surface area contributed by atoms with Crippen LogP contribution in [-0.4, -0.2) is 15.8 Å². The Hall–Kier alpha value is -1.19. The van der Waals surface area contributed by atoms with Crippen molar-refractivity contribution in [3.63, 3.8) is 0 Å². The predicted molar refractivity (Wildman–Crippen MR) is 55.7 cm³/mol. The van der Waals surface area contributed by atoms with E-state index in [1.807, 2.05) is 17.8 Å². The molecule has 0 amide bonds. The summed E-state index contributed by atoms with van der Waals surface area (Å²) in [5, 5.41) is 7.55. The predicted octanol–water partition coefficient (Wildman–Crippen LogP) is 1.70. The zero-order chi connectivity index (χ0) is 9.84. The first-order chi connectivity index (χ1) is 6.17. The second kappa shape index (κ2) is 4.16. The van der Waals surface area contributed by atoms with Gasteiger partial charge in [0.15, 0.2) is 5.82 Å². The maximum absolute atomic E-state index is 5.77. The van der Waals surface area contributed by atoms with Gasteiger partial charge in [0.2, 0.25) is 0 Å². The second-order valence-electron chi connectivity index (χ2n) is 3.24. The van der Waals surface area contributed by atoms with E-state index in [9.17, 15) is 0 Å². The van der Waals surface area contributed by atoms with E-state index in [1.165, 1.54) is 0 Å². The van der Waals surface area contributed by atoms with Crippen molar-refractivity contribution >= 4 is 11.5 Å². The van der Waals surface area contributed by atoms with Gasteiger partial charge in [-0.2, -0.15) is 5.10 Å². The van der Waals surface area contributed by atoms with Crippen LogP contribution in [0.1, 0.15) is 27.2 Å². The van der Waals surface area contributed by atoms with Crippen molar-refractivity contribution in [1.29, 1.82) is 0 Å². The lowest BCUT2D eigenvalue weighted by Gasteiger charge is -2.10. The van der Waals surface area contributed by atoms with E-state index in [1.54, 1.807) is 0 Å². The molecule has 0 saturated carbocycles. The first-order valence-electron chi connectivity index (χ1n) is 4.76. The fraction of sp³-hybridized carbons (Fsp3) is 0.667. The molecule has 13 heavy (non-hydrogen) atoms. The number of nitrogens with two attached hydrogens (primary N) is 1. The molecule has 4 nitrogen and oxygen atoms in total. The smallest absolute Gasteiger partial charge is 0.171 e. The van der Waals surface area contributed by atoms with Gasteiger partial charge in [-0.3, -0.25) is 4.68 Å². The molecule has 0 aromatic carbocycles. The van der Waals surface area contributed by atoms with Crippen molar-refractivity contribution < 1.29 is 0 Å². The maximum atomic E-state index is 5.77. The third kappa shape index (κ3) is 2.37. The van der Waals surface area contributed by atoms with Crippen LogP contribution >= 0.6 is 0 Å². The number of aromatic nitrogens is 2. The average Bonchev–Trinajstić information content (AvgIpc) is 2.47. The number of hydrogen-bond donors (Lipinski definition) is 2. The zero-order valence-corrected chi connectivity index (χ0v) is 8.54. The van der Waals surface area contributed by atoms with Gasteiger partial charge in [-0.05, 0) is 20.3 Å². The molecule has 0 unspecified atom stereocenters. The number of rotatable bonds is 4. The van der Waals surface area contributed by atoms with Gasteiger partial charge in [0, 0.05) is 12.6 Å².